The minimum Gasteiger partial charge on any atom is -0.338 e. The lowest BCUT2D eigenvalue weighted by Crippen LogP contribution is -2.42. The molecule has 1 aliphatic carbocycles. The first-order valence-corrected chi connectivity index (χ1v) is 8.98. The minimum atomic E-state index is -0.134. The first kappa shape index (κ1) is 15.4. The summed E-state index contributed by atoms with van der Waals surface area (Å²) in [6.07, 6.45) is 8.76. The normalized spacial score (nSPS) is 21.7. The third-order valence-corrected chi connectivity index (χ3v) is 5.60. The number of rotatable bonds is 3. The third kappa shape index (κ3) is 2.72. The number of para-hydroxylation sites is 1. The van der Waals surface area contributed by atoms with Crippen molar-refractivity contribution in [3.8, 4) is 0 Å². The topological polar surface area (TPSA) is 55.2 Å². The van der Waals surface area contributed by atoms with Gasteiger partial charge >= 0.3 is 0 Å². The van der Waals surface area contributed by atoms with Crippen LogP contribution < -0.4 is 5.56 Å². The molecular formula is C19H23N3O2. The van der Waals surface area contributed by atoms with Crippen LogP contribution in [0.1, 0.15) is 38.5 Å². The fourth-order valence-electron chi connectivity index (χ4n) is 4.39. The molecule has 0 N–H and O–H groups in total. The molecule has 5 heteroatoms. The zero-order valence-corrected chi connectivity index (χ0v) is 13.9. The van der Waals surface area contributed by atoms with Crippen molar-refractivity contribution in [3.63, 3.8) is 0 Å². The Morgan fingerprint density at radius 2 is 1.92 bits per heavy atom. The van der Waals surface area contributed by atoms with Gasteiger partial charge in [-0.2, -0.15) is 0 Å². The van der Waals surface area contributed by atoms with Gasteiger partial charge in [0, 0.05) is 12.6 Å². The SMILES string of the molecule is O=C(Cn1cnc2ccccc2c1=O)N1CCC[C@H]1C1CCCC1. The summed E-state index contributed by atoms with van der Waals surface area (Å²) in [6, 6.07) is 7.65. The third-order valence-electron chi connectivity index (χ3n) is 5.60. The molecule has 2 heterocycles. The Labute approximate surface area is 141 Å². The summed E-state index contributed by atoms with van der Waals surface area (Å²) in [5.41, 5.74) is 0.543. The van der Waals surface area contributed by atoms with Crippen molar-refractivity contribution in [3.05, 3.63) is 40.9 Å². The van der Waals surface area contributed by atoms with E-state index in [-0.39, 0.29) is 18.0 Å². The van der Waals surface area contributed by atoms with Crippen LogP contribution >= 0.6 is 0 Å². The van der Waals surface area contributed by atoms with Crippen molar-refractivity contribution >= 4 is 16.8 Å². The van der Waals surface area contributed by atoms with Crippen molar-refractivity contribution in [2.24, 2.45) is 5.92 Å². The Kier molecular flexibility index (Phi) is 4.08. The van der Waals surface area contributed by atoms with Gasteiger partial charge in [-0.05, 0) is 43.7 Å². The van der Waals surface area contributed by atoms with Gasteiger partial charge in [0.2, 0.25) is 5.91 Å². The standard InChI is InChI=1S/C19H23N3O2/c23-18(22-11-5-10-17(22)14-6-1-2-7-14)12-21-13-20-16-9-4-3-8-15(16)19(21)24/h3-4,8-9,13-14,17H,1-2,5-7,10-12H2/t17-/m0/s1. The van der Waals surface area contributed by atoms with Crippen molar-refractivity contribution in [2.45, 2.75) is 51.1 Å². The molecule has 2 fully saturated rings. The molecule has 1 amide bonds. The van der Waals surface area contributed by atoms with E-state index in [1.54, 1.807) is 6.07 Å². The van der Waals surface area contributed by atoms with Crippen LogP contribution in [0.25, 0.3) is 10.9 Å². The zero-order chi connectivity index (χ0) is 16.5. The van der Waals surface area contributed by atoms with Crippen LogP contribution in [-0.4, -0.2) is 32.9 Å². The zero-order valence-electron chi connectivity index (χ0n) is 13.9. The number of likely N-dealkylation sites (tertiary alicyclic amines) is 1. The number of benzene rings is 1. The second-order valence-electron chi connectivity index (χ2n) is 7.04. The van der Waals surface area contributed by atoms with Gasteiger partial charge in [-0.1, -0.05) is 25.0 Å². The fraction of sp³-hybridized carbons (Fsp3) is 0.526. The summed E-state index contributed by atoms with van der Waals surface area (Å²) in [5.74, 6) is 0.714. The molecule has 1 aliphatic heterocycles. The van der Waals surface area contributed by atoms with Crippen LogP contribution in [0.2, 0.25) is 0 Å². The average molecular weight is 325 g/mol. The molecule has 1 aromatic heterocycles. The lowest BCUT2D eigenvalue weighted by atomic mass is 9.96. The summed E-state index contributed by atoms with van der Waals surface area (Å²) in [4.78, 5) is 31.7. The minimum absolute atomic E-state index is 0.0589. The second kappa shape index (κ2) is 6.38. The van der Waals surface area contributed by atoms with Gasteiger partial charge in [-0.15, -0.1) is 0 Å². The number of amides is 1. The van der Waals surface area contributed by atoms with Crippen molar-refractivity contribution < 1.29 is 4.79 Å². The molecule has 1 aromatic carbocycles. The molecule has 0 unspecified atom stereocenters. The number of carbonyl (C=O) groups is 1. The van der Waals surface area contributed by atoms with E-state index in [1.807, 2.05) is 23.1 Å². The predicted octanol–water partition coefficient (Wildman–Crippen LogP) is 2.58. The second-order valence-corrected chi connectivity index (χ2v) is 7.04. The molecule has 1 atom stereocenters. The molecule has 5 nitrogen and oxygen atoms in total. The molecular weight excluding hydrogens is 302 g/mol. The lowest BCUT2D eigenvalue weighted by Gasteiger charge is -2.29. The summed E-state index contributed by atoms with van der Waals surface area (Å²) in [7, 11) is 0. The van der Waals surface area contributed by atoms with Gasteiger partial charge in [-0.25, -0.2) is 4.98 Å². The van der Waals surface area contributed by atoms with Gasteiger partial charge in [0.15, 0.2) is 0 Å². The molecule has 4 rings (SSSR count). The smallest absolute Gasteiger partial charge is 0.261 e. The number of fused-ring (bicyclic) bond motifs is 1. The summed E-state index contributed by atoms with van der Waals surface area (Å²) >= 11 is 0. The molecule has 0 radical (unpaired) electrons. The van der Waals surface area contributed by atoms with E-state index in [2.05, 4.69) is 4.98 Å². The van der Waals surface area contributed by atoms with E-state index in [1.165, 1.54) is 36.6 Å². The molecule has 1 saturated carbocycles. The van der Waals surface area contributed by atoms with Gasteiger partial charge < -0.3 is 4.90 Å². The summed E-state index contributed by atoms with van der Waals surface area (Å²) in [5, 5.41) is 0.571. The number of hydrogen-bond donors (Lipinski definition) is 0. The lowest BCUT2D eigenvalue weighted by molar-refractivity contribution is -0.133. The highest BCUT2D eigenvalue weighted by molar-refractivity contribution is 5.79. The van der Waals surface area contributed by atoms with E-state index in [0.29, 0.717) is 22.9 Å². The van der Waals surface area contributed by atoms with Gasteiger partial charge in [0.25, 0.3) is 5.56 Å². The molecule has 0 spiro atoms. The maximum absolute atomic E-state index is 12.8. The monoisotopic (exact) mass is 325 g/mol. The van der Waals surface area contributed by atoms with Crippen molar-refractivity contribution in [1.29, 1.82) is 0 Å². The van der Waals surface area contributed by atoms with Crippen LogP contribution in [0.3, 0.4) is 0 Å². The van der Waals surface area contributed by atoms with Crippen LogP contribution in [0.15, 0.2) is 35.4 Å². The number of nitrogens with zero attached hydrogens (tertiary/aromatic N) is 3. The highest BCUT2D eigenvalue weighted by atomic mass is 16.2. The molecule has 126 valence electrons. The summed E-state index contributed by atoms with van der Waals surface area (Å²) in [6.45, 7) is 0.926. The van der Waals surface area contributed by atoms with E-state index in [9.17, 15) is 9.59 Å². The Bertz CT molecular complexity index is 808. The predicted molar refractivity (Wildman–Crippen MR) is 92.7 cm³/mol. The van der Waals surface area contributed by atoms with Crippen LogP contribution in [0.4, 0.5) is 0 Å². The Morgan fingerprint density at radius 3 is 2.75 bits per heavy atom. The molecule has 1 saturated heterocycles. The van der Waals surface area contributed by atoms with Gasteiger partial charge in [-0.3, -0.25) is 14.2 Å². The Hall–Kier alpha value is -2.17. The molecule has 2 aromatic rings. The number of aromatic nitrogens is 2. The maximum atomic E-state index is 12.8. The summed E-state index contributed by atoms with van der Waals surface area (Å²) < 4.78 is 1.45. The molecule has 0 bridgehead atoms. The first-order valence-electron chi connectivity index (χ1n) is 8.98. The molecule has 24 heavy (non-hydrogen) atoms. The Morgan fingerprint density at radius 1 is 1.12 bits per heavy atom. The number of hydrogen-bond acceptors (Lipinski definition) is 3. The van der Waals surface area contributed by atoms with Crippen LogP contribution in [-0.2, 0) is 11.3 Å². The number of carbonyl (C=O) groups excluding carboxylic acids is 1. The quantitative estimate of drug-likeness (QED) is 0.871. The highest BCUT2D eigenvalue weighted by Crippen LogP contribution is 2.35. The first-order chi connectivity index (χ1) is 11.7. The van der Waals surface area contributed by atoms with Gasteiger partial charge in [0.1, 0.15) is 6.54 Å². The van der Waals surface area contributed by atoms with Crippen molar-refractivity contribution in [1.82, 2.24) is 14.5 Å². The van der Waals surface area contributed by atoms with Crippen LogP contribution in [0.5, 0.6) is 0 Å². The largest absolute Gasteiger partial charge is 0.338 e. The van der Waals surface area contributed by atoms with E-state index < -0.39 is 0 Å². The highest BCUT2D eigenvalue weighted by Gasteiger charge is 2.35. The van der Waals surface area contributed by atoms with Gasteiger partial charge in [0.05, 0.1) is 17.2 Å². The fourth-order valence-corrected chi connectivity index (χ4v) is 4.39. The van der Waals surface area contributed by atoms with E-state index >= 15 is 0 Å². The maximum Gasteiger partial charge on any atom is 0.261 e. The van der Waals surface area contributed by atoms with Crippen molar-refractivity contribution in [2.75, 3.05) is 6.54 Å². The Balaban J connectivity index is 1.55. The van der Waals surface area contributed by atoms with E-state index in [0.717, 1.165) is 19.4 Å². The molecule has 2 aliphatic rings. The van der Waals surface area contributed by atoms with E-state index in [4.69, 9.17) is 0 Å². The average Bonchev–Trinajstić information content (AvgIpc) is 3.28. The van der Waals surface area contributed by atoms with Crippen LogP contribution in [0, 0.1) is 5.92 Å².